The van der Waals surface area contributed by atoms with Crippen LogP contribution in [0, 0.1) is 6.92 Å². The van der Waals surface area contributed by atoms with Gasteiger partial charge in [0.2, 0.25) is 5.91 Å². The molecule has 1 saturated carbocycles. The van der Waals surface area contributed by atoms with E-state index in [0.29, 0.717) is 18.3 Å². The lowest BCUT2D eigenvalue weighted by Crippen LogP contribution is -2.37. The monoisotopic (exact) mass is 249 g/mol. The fourth-order valence-corrected chi connectivity index (χ4v) is 2.07. The summed E-state index contributed by atoms with van der Waals surface area (Å²) < 4.78 is 1.38. The molecule has 0 unspecified atom stereocenters. The topological polar surface area (TPSA) is 68.3 Å². The zero-order valence-electron chi connectivity index (χ0n) is 10.8. The van der Waals surface area contributed by atoms with Crippen LogP contribution in [-0.2, 0) is 11.3 Å². The predicted octanol–water partition coefficient (Wildman–Crippen LogP) is 0.750. The van der Waals surface area contributed by atoms with Crippen LogP contribution in [-0.4, -0.2) is 28.0 Å². The third kappa shape index (κ3) is 2.55. The summed E-state index contributed by atoms with van der Waals surface area (Å²) in [5, 5.41) is 0. The number of nitrogens with zero attached hydrogens (tertiary/aromatic N) is 2. The molecule has 98 valence electrons. The number of amides is 1. The number of hydrogen-bond donors (Lipinski definition) is 1. The Hall–Kier alpha value is -1.78. The van der Waals surface area contributed by atoms with Gasteiger partial charge in [-0.15, -0.1) is 0 Å². The van der Waals surface area contributed by atoms with Crippen LogP contribution in [0.2, 0.25) is 0 Å². The van der Waals surface area contributed by atoms with Crippen LogP contribution in [0.1, 0.15) is 25.3 Å². The minimum Gasteiger partial charge on any atom is -0.397 e. The van der Waals surface area contributed by atoms with E-state index in [1.807, 2.05) is 11.8 Å². The molecule has 0 radical (unpaired) electrons. The highest BCUT2D eigenvalue weighted by atomic mass is 16.2. The molecule has 0 atom stereocenters. The highest BCUT2D eigenvalue weighted by Crippen LogP contribution is 2.26. The fraction of sp³-hybridized carbons (Fsp3) is 0.538. The number of rotatable bonds is 4. The SMILES string of the molecule is CCN(C(=O)Cn1cc(N)c(C)cc1=O)C1CC1. The third-order valence-electron chi connectivity index (χ3n) is 3.33. The number of aryl methyl sites for hydroxylation is 1. The number of likely N-dealkylation sites (N-methyl/N-ethyl adjacent to an activating group) is 1. The van der Waals surface area contributed by atoms with Gasteiger partial charge in [-0.3, -0.25) is 9.59 Å². The second-order valence-corrected chi connectivity index (χ2v) is 4.79. The Balaban J connectivity index is 2.16. The number of hydrogen-bond acceptors (Lipinski definition) is 3. The van der Waals surface area contributed by atoms with E-state index >= 15 is 0 Å². The van der Waals surface area contributed by atoms with Gasteiger partial charge in [0.15, 0.2) is 0 Å². The molecule has 1 heterocycles. The number of carbonyl (C=O) groups excluding carboxylic acids is 1. The van der Waals surface area contributed by atoms with Crippen LogP contribution in [0.3, 0.4) is 0 Å². The zero-order valence-corrected chi connectivity index (χ0v) is 10.8. The largest absolute Gasteiger partial charge is 0.397 e. The van der Waals surface area contributed by atoms with Crippen molar-refractivity contribution in [2.75, 3.05) is 12.3 Å². The molecule has 1 aliphatic rings. The highest BCUT2D eigenvalue weighted by Gasteiger charge is 2.31. The maximum atomic E-state index is 12.1. The van der Waals surface area contributed by atoms with E-state index < -0.39 is 0 Å². The Labute approximate surface area is 106 Å². The number of anilines is 1. The molecule has 0 spiro atoms. The van der Waals surface area contributed by atoms with Gasteiger partial charge in [0.1, 0.15) is 6.54 Å². The molecule has 0 aliphatic heterocycles. The first-order valence-corrected chi connectivity index (χ1v) is 6.29. The van der Waals surface area contributed by atoms with E-state index in [2.05, 4.69) is 0 Å². The van der Waals surface area contributed by atoms with Gasteiger partial charge in [-0.2, -0.15) is 0 Å². The smallest absolute Gasteiger partial charge is 0.251 e. The zero-order chi connectivity index (χ0) is 13.3. The van der Waals surface area contributed by atoms with Gasteiger partial charge in [0.05, 0.1) is 5.69 Å². The second-order valence-electron chi connectivity index (χ2n) is 4.79. The Morgan fingerprint density at radius 2 is 2.22 bits per heavy atom. The Bertz CT molecular complexity index is 517. The average molecular weight is 249 g/mol. The molecule has 1 amide bonds. The summed E-state index contributed by atoms with van der Waals surface area (Å²) in [7, 11) is 0. The normalized spacial score (nSPS) is 14.6. The van der Waals surface area contributed by atoms with Crippen LogP contribution in [0.5, 0.6) is 0 Å². The van der Waals surface area contributed by atoms with E-state index in [0.717, 1.165) is 18.4 Å². The van der Waals surface area contributed by atoms with E-state index in [4.69, 9.17) is 5.73 Å². The molecule has 0 aromatic carbocycles. The minimum atomic E-state index is -0.179. The molecule has 2 rings (SSSR count). The number of carbonyl (C=O) groups is 1. The molecule has 18 heavy (non-hydrogen) atoms. The number of nitrogen functional groups attached to an aromatic ring is 1. The van der Waals surface area contributed by atoms with Crippen molar-refractivity contribution >= 4 is 11.6 Å². The molecule has 0 saturated heterocycles. The molecule has 1 aromatic heterocycles. The summed E-state index contributed by atoms with van der Waals surface area (Å²) in [5.74, 6) is -0.00893. The summed E-state index contributed by atoms with van der Waals surface area (Å²) >= 11 is 0. The molecule has 1 aromatic rings. The number of pyridine rings is 1. The second kappa shape index (κ2) is 4.84. The van der Waals surface area contributed by atoms with Crippen molar-refractivity contribution < 1.29 is 4.79 Å². The quantitative estimate of drug-likeness (QED) is 0.856. The van der Waals surface area contributed by atoms with Crippen molar-refractivity contribution in [3.63, 3.8) is 0 Å². The van der Waals surface area contributed by atoms with Gasteiger partial charge in [0.25, 0.3) is 5.56 Å². The number of nitrogens with two attached hydrogens (primary N) is 1. The summed E-state index contributed by atoms with van der Waals surface area (Å²) in [6.45, 7) is 4.52. The summed E-state index contributed by atoms with van der Waals surface area (Å²) in [6, 6.07) is 1.84. The standard InChI is InChI=1S/C13H19N3O2/c1-3-16(10-4-5-10)13(18)8-15-7-11(14)9(2)6-12(15)17/h6-7,10H,3-5,8,14H2,1-2H3. The van der Waals surface area contributed by atoms with E-state index in [1.54, 1.807) is 13.1 Å². The molecule has 2 N–H and O–H groups in total. The highest BCUT2D eigenvalue weighted by molar-refractivity contribution is 5.76. The van der Waals surface area contributed by atoms with Crippen LogP contribution in [0.25, 0.3) is 0 Å². The van der Waals surface area contributed by atoms with Crippen molar-refractivity contribution in [2.24, 2.45) is 0 Å². The van der Waals surface area contributed by atoms with Gasteiger partial charge < -0.3 is 15.2 Å². The van der Waals surface area contributed by atoms with Crippen LogP contribution >= 0.6 is 0 Å². The first-order chi connectivity index (χ1) is 8.52. The molecular weight excluding hydrogens is 230 g/mol. The van der Waals surface area contributed by atoms with Gasteiger partial charge in [-0.1, -0.05) is 0 Å². The van der Waals surface area contributed by atoms with E-state index in [1.165, 1.54) is 10.6 Å². The lowest BCUT2D eigenvalue weighted by Gasteiger charge is -2.21. The van der Waals surface area contributed by atoms with E-state index in [-0.39, 0.29) is 18.0 Å². The fourth-order valence-electron chi connectivity index (χ4n) is 2.07. The molecule has 5 heteroatoms. The molecule has 0 bridgehead atoms. The van der Waals surface area contributed by atoms with Crippen LogP contribution in [0.15, 0.2) is 17.1 Å². The average Bonchev–Trinajstić information content (AvgIpc) is 3.11. The first kappa shape index (κ1) is 12.7. The first-order valence-electron chi connectivity index (χ1n) is 6.29. The van der Waals surface area contributed by atoms with Crippen molar-refractivity contribution in [3.05, 3.63) is 28.2 Å². The van der Waals surface area contributed by atoms with Gasteiger partial charge in [0, 0.05) is 24.8 Å². The molecule has 1 fully saturated rings. The predicted molar refractivity (Wildman–Crippen MR) is 70.3 cm³/mol. The molecule has 5 nitrogen and oxygen atoms in total. The summed E-state index contributed by atoms with van der Waals surface area (Å²) in [6.07, 6.45) is 3.70. The van der Waals surface area contributed by atoms with Crippen LogP contribution < -0.4 is 11.3 Å². The summed E-state index contributed by atoms with van der Waals surface area (Å²) in [4.78, 5) is 25.7. The minimum absolute atomic E-state index is 0.00893. The third-order valence-corrected chi connectivity index (χ3v) is 3.33. The summed E-state index contributed by atoms with van der Waals surface area (Å²) in [5.41, 5.74) is 6.87. The van der Waals surface area contributed by atoms with Crippen LogP contribution in [0.4, 0.5) is 5.69 Å². The Kier molecular flexibility index (Phi) is 3.41. The van der Waals surface area contributed by atoms with Gasteiger partial charge >= 0.3 is 0 Å². The number of aromatic nitrogens is 1. The maximum absolute atomic E-state index is 12.1. The maximum Gasteiger partial charge on any atom is 0.251 e. The lowest BCUT2D eigenvalue weighted by molar-refractivity contribution is -0.132. The van der Waals surface area contributed by atoms with Gasteiger partial charge in [-0.25, -0.2) is 0 Å². The van der Waals surface area contributed by atoms with Crippen molar-refractivity contribution in [3.8, 4) is 0 Å². The lowest BCUT2D eigenvalue weighted by atomic mass is 10.2. The van der Waals surface area contributed by atoms with Gasteiger partial charge in [-0.05, 0) is 32.3 Å². The Morgan fingerprint density at radius 3 is 2.78 bits per heavy atom. The Morgan fingerprint density at radius 1 is 1.56 bits per heavy atom. The van der Waals surface area contributed by atoms with Crippen molar-refractivity contribution in [1.82, 2.24) is 9.47 Å². The van der Waals surface area contributed by atoms with E-state index in [9.17, 15) is 9.59 Å². The molecular formula is C13H19N3O2. The van der Waals surface area contributed by atoms with Crippen molar-refractivity contribution in [1.29, 1.82) is 0 Å². The van der Waals surface area contributed by atoms with Crippen molar-refractivity contribution in [2.45, 2.75) is 39.3 Å². The molecule has 1 aliphatic carbocycles.